The Balaban J connectivity index is 1.62. The Hall–Kier alpha value is -2.80. The Morgan fingerprint density at radius 2 is 2.08 bits per heavy atom. The highest BCUT2D eigenvalue weighted by Crippen LogP contribution is 2.18. The van der Waals surface area contributed by atoms with Crippen LogP contribution in [0.25, 0.3) is 5.69 Å². The highest BCUT2D eigenvalue weighted by atomic mass is 32.2. The normalized spacial score (nSPS) is 10.4. The predicted molar refractivity (Wildman–Crippen MR) is 92.5 cm³/mol. The van der Waals surface area contributed by atoms with Gasteiger partial charge in [-0.25, -0.2) is 0 Å². The lowest BCUT2D eigenvalue weighted by Gasteiger charge is -2.05. The molecule has 2 N–H and O–H groups in total. The number of carbonyl (C=O) groups is 1. The number of amides is 1. The molecule has 122 valence electrons. The summed E-state index contributed by atoms with van der Waals surface area (Å²) in [6, 6.07) is 17.1. The number of aromatic amines is 1. The van der Waals surface area contributed by atoms with Crippen LogP contribution in [0.1, 0.15) is 0 Å². The summed E-state index contributed by atoms with van der Waals surface area (Å²) in [5, 5.41) is 6.62. The first-order valence-corrected chi connectivity index (χ1v) is 8.32. The number of thioether (sulfide) groups is 1. The molecule has 1 aromatic heterocycles. The molecular weight excluding hydrogens is 324 g/mol. The number of ether oxygens (including phenoxy) is 1. The largest absolute Gasteiger partial charge is 0.497 e. The van der Waals surface area contributed by atoms with Crippen LogP contribution in [0, 0.1) is 0 Å². The van der Waals surface area contributed by atoms with Gasteiger partial charge in [0, 0.05) is 11.8 Å². The van der Waals surface area contributed by atoms with Crippen LogP contribution < -0.4 is 14.7 Å². The van der Waals surface area contributed by atoms with E-state index in [2.05, 4.69) is 15.4 Å². The number of para-hydroxylation sites is 1. The molecular formula is C17H17N4O2S+. The highest BCUT2D eigenvalue weighted by molar-refractivity contribution is 7.99. The van der Waals surface area contributed by atoms with Gasteiger partial charge in [-0.1, -0.05) is 24.3 Å². The molecule has 0 aliphatic rings. The second-order valence-electron chi connectivity index (χ2n) is 4.91. The van der Waals surface area contributed by atoms with E-state index in [4.69, 9.17) is 4.74 Å². The molecule has 0 aliphatic carbocycles. The number of nitrogens with one attached hydrogen (secondary N) is 2. The Bertz CT molecular complexity index is 820. The van der Waals surface area contributed by atoms with Crippen LogP contribution in [0.4, 0.5) is 5.69 Å². The first kappa shape index (κ1) is 16.1. The highest BCUT2D eigenvalue weighted by Gasteiger charge is 2.18. The van der Waals surface area contributed by atoms with E-state index in [1.54, 1.807) is 19.5 Å². The minimum absolute atomic E-state index is 0.101. The van der Waals surface area contributed by atoms with Crippen molar-refractivity contribution in [2.24, 2.45) is 0 Å². The van der Waals surface area contributed by atoms with E-state index in [9.17, 15) is 4.79 Å². The molecule has 0 bridgehead atoms. The number of benzene rings is 2. The van der Waals surface area contributed by atoms with Crippen molar-refractivity contribution in [1.82, 2.24) is 10.1 Å². The fraction of sp³-hybridized carbons (Fsp3) is 0.118. The lowest BCUT2D eigenvalue weighted by molar-refractivity contribution is -0.694. The molecule has 0 saturated carbocycles. The predicted octanol–water partition coefficient (Wildman–Crippen LogP) is 2.43. The maximum absolute atomic E-state index is 12.1. The smallest absolute Gasteiger partial charge is 0.385 e. The maximum Gasteiger partial charge on any atom is 0.385 e. The molecule has 3 rings (SSSR count). The first-order valence-electron chi connectivity index (χ1n) is 7.34. The third-order valence-electron chi connectivity index (χ3n) is 3.25. The second-order valence-corrected chi connectivity index (χ2v) is 5.85. The number of H-pyrrole nitrogens is 1. The van der Waals surface area contributed by atoms with Crippen LogP contribution in [0.2, 0.25) is 0 Å². The van der Waals surface area contributed by atoms with Crippen molar-refractivity contribution in [2.75, 3.05) is 18.2 Å². The molecule has 0 saturated heterocycles. The lowest BCUT2D eigenvalue weighted by Crippen LogP contribution is -2.35. The Morgan fingerprint density at radius 3 is 2.88 bits per heavy atom. The minimum atomic E-state index is -0.101. The van der Waals surface area contributed by atoms with Gasteiger partial charge in [-0.3, -0.25) is 4.79 Å². The van der Waals surface area contributed by atoms with E-state index >= 15 is 0 Å². The van der Waals surface area contributed by atoms with E-state index in [-0.39, 0.29) is 11.7 Å². The SMILES string of the molecule is COc1cccc(NC(=O)CSc2nc[nH][n+]2-c2ccccc2)c1. The van der Waals surface area contributed by atoms with Crippen LogP contribution in [0.3, 0.4) is 0 Å². The molecule has 1 heterocycles. The van der Waals surface area contributed by atoms with E-state index in [1.165, 1.54) is 11.8 Å². The van der Waals surface area contributed by atoms with Gasteiger partial charge in [0.15, 0.2) is 5.69 Å². The average molecular weight is 341 g/mol. The van der Waals surface area contributed by atoms with E-state index in [0.717, 1.165) is 10.8 Å². The van der Waals surface area contributed by atoms with Crippen molar-refractivity contribution >= 4 is 23.4 Å². The summed E-state index contributed by atoms with van der Waals surface area (Å²) in [5.74, 6) is 0.861. The Labute approximate surface area is 143 Å². The van der Waals surface area contributed by atoms with Crippen LogP contribution in [0.5, 0.6) is 5.75 Å². The van der Waals surface area contributed by atoms with Gasteiger partial charge in [0.2, 0.25) is 12.2 Å². The zero-order valence-electron chi connectivity index (χ0n) is 13.1. The van der Waals surface area contributed by atoms with Gasteiger partial charge in [-0.2, -0.15) is 5.10 Å². The van der Waals surface area contributed by atoms with Gasteiger partial charge in [0.1, 0.15) is 5.75 Å². The summed E-state index contributed by atoms with van der Waals surface area (Å²) < 4.78 is 6.98. The summed E-state index contributed by atoms with van der Waals surface area (Å²) in [5.41, 5.74) is 1.67. The van der Waals surface area contributed by atoms with Crippen molar-refractivity contribution in [3.8, 4) is 11.4 Å². The molecule has 0 atom stereocenters. The van der Waals surface area contributed by atoms with Crippen molar-refractivity contribution in [1.29, 1.82) is 0 Å². The molecule has 1 amide bonds. The average Bonchev–Trinajstić information content (AvgIpc) is 3.09. The number of anilines is 1. The van der Waals surface area contributed by atoms with Crippen LogP contribution in [0.15, 0.2) is 66.1 Å². The zero-order chi connectivity index (χ0) is 16.8. The second kappa shape index (κ2) is 7.65. The molecule has 2 aromatic carbocycles. The van der Waals surface area contributed by atoms with Gasteiger partial charge in [0.25, 0.3) is 0 Å². The molecule has 7 heteroatoms. The summed E-state index contributed by atoms with van der Waals surface area (Å²) in [6.07, 6.45) is 1.61. The number of carbonyl (C=O) groups excluding carboxylic acids is 1. The van der Waals surface area contributed by atoms with Crippen molar-refractivity contribution < 1.29 is 14.2 Å². The summed E-state index contributed by atoms with van der Waals surface area (Å²) in [4.78, 5) is 16.4. The van der Waals surface area contributed by atoms with Gasteiger partial charge in [0.05, 0.1) is 12.9 Å². The molecule has 0 spiro atoms. The lowest BCUT2D eigenvalue weighted by atomic mass is 10.3. The van der Waals surface area contributed by atoms with Gasteiger partial charge < -0.3 is 10.1 Å². The van der Waals surface area contributed by atoms with Gasteiger partial charge in [-0.15, -0.1) is 4.68 Å². The molecule has 24 heavy (non-hydrogen) atoms. The van der Waals surface area contributed by atoms with E-state index in [0.29, 0.717) is 11.4 Å². The third kappa shape index (κ3) is 3.94. The summed E-state index contributed by atoms with van der Waals surface area (Å²) in [7, 11) is 1.59. The minimum Gasteiger partial charge on any atom is -0.497 e. The number of methoxy groups -OCH3 is 1. The fourth-order valence-corrected chi connectivity index (χ4v) is 2.89. The number of hydrogen-bond donors (Lipinski definition) is 2. The van der Waals surface area contributed by atoms with Gasteiger partial charge in [-0.05, 0) is 41.0 Å². The Kier molecular flexibility index (Phi) is 5.12. The molecule has 0 radical (unpaired) electrons. The van der Waals surface area contributed by atoms with Crippen LogP contribution >= 0.6 is 11.8 Å². The quantitative estimate of drug-likeness (QED) is 0.534. The monoisotopic (exact) mass is 341 g/mol. The maximum atomic E-state index is 12.1. The number of hydrogen-bond acceptors (Lipinski definition) is 4. The number of rotatable bonds is 6. The summed E-state index contributed by atoms with van der Waals surface area (Å²) >= 11 is 1.36. The van der Waals surface area contributed by atoms with Gasteiger partial charge >= 0.3 is 5.16 Å². The van der Waals surface area contributed by atoms with E-state index < -0.39 is 0 Å². The zero-order valence-corrected chi connectivity index (χ0v) is 13.9. The van der Waals surface area contributed by atoms with Crippen molar-refractivity contribution in [3.05, 3.63) is 60.9 Å². The van der Waals surface area contributed by atoms with Crippen LogP contribution in [-0.2, 0) is 4.79 Å². The van der Waals surface area contributed by atoms with E-state index in [1.807, 2.05) is 53.2 Å². The number of aromatic nitrogens is 3. The first-order chi connectivity index (χ1) is 11.8. The van der Waals surface area contributed by atoms with Crippen molar-refractivity contribution in [3.63, 3.8) is 0 Å². The molecule has 0 unspecified atom stereocenters. The third-order valence-corrected chi connectivity index (χ3v) is 4.21. The van der Waals surface area contributed by atoms with Crippen LogP contribution in [-0.4, -0.2) is 28.9 Å². The molecule has 3 aromatic rings. The molecule has 0 fully saturated rings. The molecule has 6 nitrogen and oxygen atoms in total. The fourth-order valence-electron chi connectivity index (χ4n) is 2.15. The molecule has 0 aliphatic heterocycles. The van der Waals surface area contributed by atoms with Crippen molar-refractivity contribution in [2.45, 2.75) is 5.16 Å². The number of nitrogens with zero attached hydrogens (tertiary/aromatic N) is 2. The summed E-state index contributed by atoms with van der Waals surface area (Å²) in [6.45, 7) is 0. The Morgan fingerprint density at radius 1 is 1.25 bits per heavy atom. The topological polar surface area (TPSA) is 70.9 Å². The standard InChI is InChI=1S/C17H16N4O2S/c1-23-15-9-5-6-13(10-15)20-16(22)11-24-17-18-12-19-21(17)14-7-3-2-4-8-14/h2-10,12H,11H2,1H3,(H,20,22)/p+1.